The molecule has 8 nitrogen and oxygen atoms in total. The molecule has 1 aliphatic rings. The van der Waals surface area contributed by atoms with Gasteiger partial charge in [0.2, 0.25) is 5.91 Å². The third-order valence-electron chi connectivity index (χ3n) is 5.50. The van der Waals surface area contributed by atoms with Crippen molar-refractivity contribution < 1.29 is 9.59 Å². The van der Waals surface area contributed by atoms with Crippen molar-refractivity contribution in [3.63, 3.8) is 0 Å². The van der Waals surface area contributed by atoms with Crippen molar-refractivity contribution >= 4 is 24.0 Å². The lowest BCUT2D eigenvalue weighted by molar-refractivity contribution is -0.140. The molecule has 2 rings (SSSR count). The van der Waals surface area contributed by atoms with E-state index in [1.165, 1.54) is 0 Å². The fraction of sp³-hybridized carbons (Fsp3) is 0.423. The lowest BCUT2D eigenvalue weighted by Crippen LogP contribution is -2.42. The van der Waals surface area contributed by atoms with Gasteiger partial charge in [-0.3, -0.25) is 25.4 Å². The Morgan fingerprint density at radius 2 is 1.97 bits per heavy atom. The number of amidine groups is 1. The Hall–Kier alpha value is -3.55. The molecule has 2 amide bonds. The van der Waals surface area contributed by atoms with E-state index < -0.39 is 5.41 Å². The first kappa shape index (κ1) is 26.7. The molecule has 0 radical (unpaired) electrons. The first-order valence-electron chi connectivity index (χ1n) is 11.4. The van der Waals surface area contributed by atoms with Crippen LogP contribution in [0.4, 0.5) is 0 Å². The van der Waals surface area contributed by atoms with Gasteiger partial charge in [-0.15, -0.1) is 0 Å². The van der Waals surface area contributed by atoms with Crippen molar-refractivity contribution in [2.45, 2.75) is 60.5 Å². The average molecular weight is 465 g/mol. The maximum atomic E-state index is 12.7. The van der Waals surface area contributed by atoms with Crippen LogP contribution in [0.2, 0.25) is 0 Å². The minimum absolute atomic E-state index is 0.00867. The number of aromatic nitrogens is 1. The number of rotatable bonds is 7. The fourth-order valence-electron chi connectivity index (χ4n) is 3.52. The van der Waals surface area contributed by atoms with E-state index in [0.29, 0.717) is 30.8 Å². The summed E-state index contributed by atoms with van der Waals surface area (Å²) in [4.78, 5) is 33.0. The molecule has 0 unspecified atom stereocenters. The molecule has 1 aliphatic heterocycles. The van der Waals surface area contributed by atoms with Gasteiger partial charge in [-0.1, -0.05) is 39.5 Å². The topological polar surface area (TPSA) is 113 Å². The maximum absolute atomic E-state index is 12.7. The molecule has 0 aliphatic carbocycles. The van der Waals surface area contributed by atoms with Gasteiger partial charge in [-0.25, -0.2) is 0 Å². The molecule has 34 heavy (non-hydrogen) atoms. The minimum Gasteiger partial charge on any atom is -0.338 e. The summed E-state index contributed by atoms with van der Waals surface area (Å²) in [6.45, 7) is 16.3. The highest BCUT2D eigenvalue weighted by atomic mass is 16.2. The molecule has 0 aromatic carbocycles. The molecule has 0 saturated carbocycles. The predicted octanol–water partition coefficient (Wildman–Crippen LogP) is 4.05. The van der Waals surface area contributed by atoms with Crippen LogP contribution in [0.3, 0.4) is 0 Å². The third kappa shape index (κ3) is 6.73. The molecule has 0 spiro atoms. The molecule has 2 heterocycles. The number of carbonyl (C=O) groups excluding carboxylic acids is 2. The summed E-state index contributed by atoms with van der Waals surface area (Å²) in [5, 5.41) is 18.4. The van der Waals surface area contributed by atoms with E-state index in [0.717, 1.165) is 17.5 Å². The number of hydrogen-bond acceptors (Lipinski definition) is 5. The molecular weight excluding hydrogens is 428 g/mol. The largest absolute Gasteiger partial charge is 0.338 e. The maximum Gasteiger partial charge on any atom is 0.274 e. The Kier molecular flexibility index (Phi) is 8.68. The lowest BCUT2D eigenvalue weighted by atomic mass is 9.92. The quantitative estimate of drug-likeness (QED) is 0.321. The van der Waals surface area contributed by atoms with Crippen LogP contribution in [-0.2, 0) is 17.8 Å². The molecule has 8 heteroatoms. The number of pyridine rings is 1. The zero-order valence-corrected chi connectivity index (χ0v) is 21.0. The fourth-order valence-corrected chi connectivity index (χ4v) is 3.52. The van der Waals surface area contributed by atoms with E-state index in [2.05, 4.69) is 16.9 Å². The second-order valence-corrected chi connectivity index (χ2v) is 9.73. The molecule has 0 fully saturated rings. The molecule has 1 aromatic rings. The Bertz CT molecular complexity index is 1050. The van der Waals surface area contributed by atoms with Crippen LogP contribution >= 0.6 is 0 Å². The summed E-state index contributed by atoms with van der Waals surface area (Å²) < 4.78 is 0. The normalized spacial score (nSPS) is 14.1. The zero-order chi connectivity index (χ0) is 25.6. The first-order chi connectivity index (χ1) is 15.8. The van der Waals surface area contributed by atoms with E-state index in [-0.39, 0.29) is 29.4 Å². The Labute approximate surface area is 202 Å². The van der Waals surface area contributed by atoms with Crippen LogP contribution in [-0.4, -0.2) is 51.4 Å². The number of fused-ring (bicyclic) bond motifs is 1. The van der Waals surface area contributed by atoms with E-state index >= 15 is 0 Å². The van der Waals surface area contributed by atoms with Gasteiger partial charge in [0, 0.05) is 36.4 Å². The highest BCUT2D eigenvalue weighted by Crippen LogP contribution is 2.24. The Balaban J connectivity index is 2.04. The first-order valence-corrected chi connectivity index (χ1v) is 11.4. The number of amides is 2. The van der Waals surface area contributed by atoms with Gasteiger partial charge in [-0.05, 0) is 56.0 Å². The van der Waals surface area contributed by atoms with Gasteiger partial charge in [-0.2, -0.15) is 0 Å². The van der Waals surface area contributed by atoms with Crippen LogP contribution in [0.1, 0.15) is 63.2 Å². The molecule has 0 bridgehead atoms. The molecule has 1 aromatic heterocycles. The van der Waals surface area contributed by atoms with Crippen molar-refractivity contribution in [2.75, 3.05) is 6.54 Å². The highest BCUT2D eigenvalue weighted by molar-refractivity contribution is 6.01. The molecule has 0 saturated heterocycles. The monoisotopic (exact) mass is 464 g/mol. The van der Waals surface area contributed by atoms with E-state index in [1.54, 1.807) is 42.3 Å². The lowest BCUT2D eigenvalue weighted by Gasteiger charge is -2.33. The van der Waals surface area contributed by atoms with E-state index in [4.69, 9.17) is 10.8 Å². The van der Waals surface area contributed by atoms with Gasteiger partial charge in [0.05, 0.1) is 6.34 Å². The number of allylic oxidation sites excluding steroid dienone is 3. The van der Waals surface area contributed by atoms with Crippen molar-refractivity contribution in [1.82, 2.24) is 20.1 Å². The van der Waals surface area contributed by atoms with Crippen LogP contribution in [0.5, 0.6) is 0 Å². The minimum atomic E-state index is -0.452. The average Bonchev–Trinajstić information content (AvgIpc) is 2.77. The molecular formula is C26H36N6O2. The van der Waals surface area contributed by atoms with Gasteiger partial charge in [0.15, 0.2) is 0 Å². The third-order valence-corrected chi connectivity index (χ3v) is 5.50. The second-order valence-electron chi connectivity index (χ2n) is 9.73. The molecule has 0 atom stereocenters. The summed E-state index contributed by atoms with van der Waals surface area (Å²) in [7, 11) is 0. The highest BCUT2D eigenvalue weighted by Gasteiger charge is 2.30. The van der Waals surface area contributed by atoms with Crippen LogP contribution in [0.15, 0.2) is 48.3 Å². The standard InChI is InChI=1S/C26H36N6O2/c1-17(2)32(16-27)23(28)18(3)9-8-10-19(4)30-24(33)22-13-21-15-31(25(34)26(5,6)7)12-11-20(21)14-29-22/h8-10,13-14,16-17,27-28H,4,11-12,15H2,1-3,5-7H3,(H,30,33)/b10-8-,18-9+,27-16?,28-23?. The second kappa shape index (κ2) is 11.0. The van der Waals surface area contributed by atoms with Gasteiger partial charge in [0.25, 0.3) is 5.91 Å². The Morgan fingerprint density at radius 3 is 2.56 bits per heavy atom. The predicted molar refractivity (Wildman–Crippen MR) is 136 cm³/mol. The zero-order valence-electron chi connectivity index (χ0n) is 21.0. The summed E-state index contributed by atoms with van der Waals surface area (Å²) >= 11 is 0. The van der Waals surface area contributed by atoms with Crippen molar-refractivity contribution in [3.8, 4) is 0 Å². The van der Waals surface area contributed by atoms with Crippen LogP contribution in [0.25, 0.3) is 0 Å². The van der Waals surface area contributed by atoms with E-state index in [1.807, 2.05) is 39.5 Å². The van der Waals surface area contributed by atoms with Gasteiger partial charge >= 0.3 is 0 Å². The number of carbonyl (C=O) groups is 2. The summed E-state index contributed by atoms with van der Waals surface area (Å²) in [6, 6.07) is 1.75. The van der Waals surface area contributed by atoms with Crippen LogP contribution in [0, 0.1) is 16.2 Å². The number of nitrogens with one attached hydrogen (secondary N) is 3. The summed E-state index contributed by atoms with van der Waals surface area (Å²) in [6.07, 6.45) is 8.64. The summed E-state index contributed by atoms with van der Waals surface area (Å²) in [5.74, 6) is -0.0467. The van der Waals surface area contributed by atoms with Crippen molar-refractivity contribution in [2.24, 2.45) is 5.41 Å². The van der Waals surface area contributed by atoms with Crippen LogP contribution < -0.4 is 5.32 Å². The SMILES string of the molecule is C=C(/C=C\C=C(/C)C(=N)N(C=N)C(C)C)NC(=O)c1cc2c(cn1)CCN(C(=O)C(C)(C)C)C2. The van der Waals surface area contributed by atoms with Crippen molar-refractivity contribution in [1.29, 1.82) is 10.8 Å². The van der Waals surface area contributed by atoms with Gasteiger partial charge in [0.1, 0.15) is 11.5 Å². The number of nitrogens with zero attached hydrogens (tertiary/aromatic N) is 3. The number of hydrogen-bond donors (Lipinski definition) is 3. The smallest absolute Gasteiger partial charge is 0.274 e. The van der Waals surface area contributed by atoms with Crippen molar-refractivity contribution in [3.05, 3.63) is 65.2 Å². The molecule has 182 valence electrons. The molecule has 3 N–H and O–H groups in total. The Morgan fingerprint density at radius 1 is 1.29 bits per heavy atom. The summed E-state index contributed by atoms with van der Waals surface area (Å²) in [5.41, 5.74) is 2.87. The van der Waals surface area contributed by atoms with Gasteiger partial charge < -0.3 is 15.1 Å². The van der Waals surface area contributed by atoms with E-state index in [9.17, 15) is 9.59 Å².